The van der Waals surface area contributed by atoms with Gasteiger partial charge in [-0.2, -0.15) is 0 Å². The molecule has 0 aliphatic carbocycles. The van der Waals surface area contributed by atoms with Gasteiger partial charge in [-0.25, -0.2) is 0 Å². The maximum absolute atomic E-state index is 11.9. The fourth-order valence-corrected chi connectivity index (χ4v) is 2.26. The second-order valence-corrected chi connectivity index (χ2v) is 6.03. The Bertz CT molecular complexity index is 773. The standard InChI is InChI=1S/C19H25N5O3.HI/c1-20-19(23-13-17(25)21-12-16-5-4-10-27-16)22-11-14-6-8-15(9-7-14)18(26)24(2)3;/h4-10H,11-13H2,1-3H3,(H,21,25)(H2,20,22,23);1H. The molecular formula is C19H26IN5O3. The number of rotatable bonds is 7. The van der Waals surface area contributed by atoms with E-state index in [-0.39, 0.29) is 42.3 Å². The lowest BCUT2D eigenvalue weighted by Crippen LogP contribution is -2.42. The Balaban J connectivity index is 0.00000392. The summed E-state index contributed by atoms with van der Waals surface area (Å²) in [6.45, 7) is 0.957. The maximum atomic E-state index is 11.9. The number of furan rings is 1. The Kier molecular flexibility index (Phi) is 10.1. The third kappa shape index (κ3) is 7.59. The van der Waals surface area contributed by atoms with E-state index in [2.05, 4.69) is 20.9 Å². The second kappa shape index (κ2) is 12.0. The van der Waals surface area contributed by atoms with E-state index in [0.717, 1.165) is 5.56 Å². The lowest BCUT2D eigenvalue weighted by Gasteiger charge is -2.13. The number of benzene rings is 1. The third-order valence-corrected chi connectivity index (χ3v) is 3.75. The molecule has 0 aliphatic heterocycles. The van der Waals surface area contributed by atoms with Gasteiger partial charge in [-0.05, 0) is 29.8 Å². The highest BCUT2D eigenvalue weighted by molar-refractivity contribution is 14.0. The fraction of sp³-hybridized carbons (Fsp3) is 0.316. The number of halogens is 1. The molecule has 3 N–H and O–H groups in total. The Morgan fingerprint density at radius 3 is 2.32 bits per heavy atom. The molecule has 9 heteroatoms. The van der Waals surface area contributed by atoms with Crippen molar-refractivity contribution in [2.24, 2.45) is 4.99 Å². The van der Waals surface area contributed by atoms with Crippen molar-refractivity contribution in [1.82, 2.24) is 20.9 Å². The van der Waals surface area contributed by atoms with Gasteiger partial charge >= 0.3 is 0 Å². The van der Waals surface area contributed by atoms with E-state index < -0.39 is 0 Å². The van der Waals surface area contributed by atoms with Gasteiger partial charge in [-0.1, -0.05) is 12.1 Å². The number of carbonyl (C=O) groups is 2. The zero-order chi connectivity index (χ0) is 19.6. The van der Waals surface area contributed by atoms with Crippen molar-refractivity contribution in [3.63, 3.8) is 0 Å². The van der Waals surface area contributed by atoms with Crippen LogP contribution in [0.3, 0.4) is 0 Å². The first-order valence-corrected chi connectivity index (χ1v) is 8.53. The summed E-state index contributed by atoms with van der Waals surface area (Å²) < 4.78 is 5.16. The zero-order valence-corrected chi connectivity index (χ0v) is 18.5. The van der Waals surface area contributed by atoms with Crippen LogP contribution in [0, 0.1) is 0 Å². The predicted octanol–water partition coefficient (Wildman–Crippen LogP) is 1.58. The number of guanidine groups is 1. The van der Waals surface area contributed by atoms with Crippen LogP contribution in [0.2, 0.25) is 0 Å². The van der Waals surface area contributed by atoms with Crippen molar-refractivity contribution in [2.75, 3.05) is 27.7 Å². The third-order valence-electron chi connectivity index (χ3n) is 3.75. The summed E-state index contributed by atoms with van der Waals surface area (Å²) in [6.07, 6.45) is 1.56. The van der Waals surface area contributed by atoms with E-state index in [4.69, 9.17) is 4.42 Å². The Hall–Kier alpha value is -2.56. The molecule has 1 aromatic carbocycles. The number of nitrogens with one attached hydrogen (secondary N) is 3. The minimum Gasteiger partial charge on any atom is -0.467 e. The minimum atomic E-state index is -0.166. The van der Waals surface area contributed by atoms with Crippen molar-refractivity contribution in [3.05, 3.63) is 59.5 Å². The maximum Gasteiger partial charge on any atom is 0.253 e. The molecule has 0 bridgehead atoms. The number of aliphatic imine (C=N–C) groups is 1. The van der Waals surface area contributed by atoms with Crippen LogP contribution in [0.25, 0.3) is 0 Å². The first-order valence-electron chi connectivity index (χ1n) is 8.53. The van der Waals surface area contributed by atoms with Gasteiger partial charge < -0.3 is 25.3 Å². The molecule has 0 aliphatic rings. The minimum absolute atomic E-state index is 0. The van der Waals surface area contributed by atoms with Gasteiger partial charge in [0.15, 0.2) is 5.96 Å². The number of carbonyl (C=O) groups excluding carboxylic acids is 2. The molecule has 0 fully saturated rings. The Labute approximate surface area is 181 Å². The lowest BCUT2D eigenvalue weighted by molar-refractivity contribution is -0.120. The van der Waals surface area contributed by atoms with Crippen molar-refractivity contribution >= 4 is 41.8 Å². The SMILES string of the molecule is CN=C(NCC(=O)NCc1ccco1)NCc1ccc(C(=O)N(C)C)cc1.I. The number of nitrogens with zero attached hydrogens (tertiary/aromatic N) is 2. The Morgan fingerprint density at radius 2 is 1.75 bits per heavy atom. The largest absolute Gasteiger partial charge is 0.467 e. The van der Waals surface area contributed by atoms with Crippen LogP contribution in [0.4, 0.5) is 0 Å². The van der Waals surface area contributed by atoms with Gasteiger partial charge in [0.05, 0.1) is 19.4 Å². The van der Waals surface area contributed by atoms with Crippen LogP contribution >= 0.6 is 24.0 Å². The molecule has 1 aromatic heterocycles. The average molecular weight is 499 g/mol. The molecule has 2 aromatic rings. The summed E-state index contributed by atoms with van der Waals surface area (Å²) in [7, 11) is 5.07. The fourth-order valence-electron chi connectivity index (χ4n) is 2.26. The van der Waals surface area contributed by atoms with Crippen LogP contribution < -0.4 is 16.0 Å². The molecule has 152 valence electrons. The molecule has 0 spiro atoms. The smallest absolute Gasteiger partial charge is 0.253 e. The molecule has 2 amide bonds. The van der Waals surface area contributed by atoms with Gasteiger partial charge in [-0.15, -0.1) is 24.0 Å². The van der Waals surface area contributed by atoms with Gasteiger partial charge in [-0.3, -0.25) is 14.6 Å². The lowest BCUT2D eigenvalue weighted by atomic mass is 10.1. The molecule has 1 heterocycles. The van der Waals surface area contributed by atoms with Crippen molar-refractivity contribution in [3.8, 4) is 0 Å². The number of amides is 2. The summed E-state index contributed by atoms with van der Waals surface area (Å²) in [4.78, 5) is 29.4. The van der Waals surface area contributed by atoms with Crippen LogP contribution in [0.15, 0.2) is 52.1 Å². The predicted molar refractivity (Wildman–Crippen MR) is 119 cm³/mol. The second-order valence-electron chi connectivity index (χ2n) is 6.03. The monoisotopic (exact) mass is 499 g/mol. The molecule has 28 heavy (non-hydrogen) atoms. The summed E-state index contributed by atoms with van der Waals surface area (Å²) in [5, 5.41) is 8.83. The van der Waals surface area contributed by atoms with Gasteiger partial charge in [0.1, 0.15) is 5.76 Å². The van der Waals surface area contributed by atoms with Crippen molar-refractivity contribution in [2.45, 2.75) is 13.1 Å². The summed E-state index contributed by atoms with van der Waals surface area (Å²) >= 11 is 0. The topological polar surface area (TPSA) is 99.0 Å². The van der Waals surface area contributed by atoms with E-state index in [0.29, 0.717) is 30.4 Å². The molecule has 0 saturated heterocycles. The van der Waals surface area contributed by atoms with E-state index in [1.165, 1.54) is 4.90 Å². The molecule has 0 radical (unpaired) electrons. The van der Waals surface area contributed by atoms with Crippen molar-refractivity contribution in [1.29, 1.82) is 0 Å². The molecule has 0 unspecified atom stereocenters. The molecule has 2 rings (SSSR count). The van der Waals surface area contributed by atoms with Crippen LogP contribution in [-0.2, 0) is 17.9 Å². The van der Waals surface area contributed by atoms with E-state index in [1.807, 2.05) is 12.1 Å². The summed E-state index contributed by atoms with van der Waals surface area (Å²) in [6, 6.07) is 10.9. The van der Waals surface area contributed by atoms with Crippen LogP contribution in [0.5, 0.6) is 0 Å². The summed E-state index contributed by atoms with van der Waals surface area (Å²) in [5.41, 5.74) is 1.63. The van der Waals surface area contributed by atoms with Gasteiger partial charge in [0.2, 0.25) is 5.91 Å². The van der Waals surface area contributed by atoms with E-state index in [9.17, 15) is 9.59 Å². The highest BCUT2D eigenvalue weighted by atomic mass is 127. The first kappa shape index (κ1) is 23.5. The molecule has 0 saturated carbocycles. The van der Waals surface area contributed by atoms with E-state index in [1.54, 1.807) is 51.7 Å². The van der Waals surface area contributed by atoms with Crippen molar-refractivity contribution < 1.29 is 14.0 Å². The molecule has 8 nitrogen and oxygen atoms in total. The van der Waals surface area contributed by atoms with Gasteiger partial charge in [0.25, 0.3) is 5.91 Å². The quantitative estimate of drug-likeness (QED) is 0.305. The van der Waals surface area contributed by atoms with Crippen LogP contribution in [0.1, 0.15) is 21.7 Å². The molecule has 0 atom stereocenters. The van der Waals surface area contributed by atoms with Gasteiger partial charge in [0, 0.05) is 33.3 Å². The molecular weight excluding hydrogens is 473 g/mol. The van der Waals surface area contributed by atoms with Crippen LogP contribution in [-0.4, -0.2) is 50.4 Å². The highest BCUT2D eigenvalue weighted by Crippen LogP contribution is 2.06. The number of hydrogen-bond donors (Lipinski definition) is 3. The zero-order valence-electron chi connectivity index (χ0n) is 16.2. The Morgan fingerprint density at radius 1 is 1.04 bits per heavy atom. The normalized spacial score (nSPS) is 10.6. The van der Waals surface area contributed by atoms with E-state index >= 15 is 0 Å². The first-order chi connectivity index (χ1) is 13.0. The summed E-state index contributed by atoms with van der Waals surface area (Å²) in [5.74, 6) is 1.01. The highest BCUT2D eigenvalue weighted by Gasteiger charge is 2.08. The average Bonchev–Trinajstić information content (AvgIpc) is 3.20. The number of hydrogen-bond acceptors (Lipinski definition) is 4.